The third-order valence-electron chi connectivity index (χ3n) is 5.27. The van der Waals surface area contributed by atoms with Crippen LogP contribution in [0.3, 0.4) is 0 Å². The summed E-state index contributed by atoms with van der Waals surface area (Å²) in [5.41, 5.74) is -0.891. The molecule has 1 fully saturated rings. The van der Waals surface area contributed by atoms with Crippen LogP contribution < -0.4 is 5.32 Å². The Hall–Kier alpha value is -2.79. The number of piperidine rings is 1. The molecule has 0 aromatic heterocycles. The van der Waals surface area contributed by atoms with Crippen molar-refractivity contribution in [2.24, 2.45) is 0 Å². The maximum atomic E-state index is 13.3. The lowest BCUT2D eigenvalue weighted by atomic mass is 9.99. The number of halogens is 4. The molecule has 1 aromatic rings. The van der Waals surface area contributed by atoms with Gasteiger partial charge >= 0.3 is 18.1 Å². The van der Waals surface area contributed by atoms with Crippen molar-refractivity contribution in [2.75, 3.05) is 13.1 Å². The van der Waals surface area contributed by atoms with E-state index in [1.807, 2.05) is 11.8 Å². The Labute approximate surface area is 193 Å². The van der Waals surface area contributed by atoms with Crippen LogP contribution in [0.2, 0.25) is 0 Å². The first-order valence-electron chi connectivity index (χ1n) is 10.3. The van der Waals surface area contributed by atoms with Gasteiger partial charge in [-0.1, -0.05) is 6.07 Å². The van der Waals surface area contributed by atoms with Crippen molar-refractivity contribution >= 4 is 11.9 Å². The fourth-order valence-corrected chi connectivity index (χ4v) is 3.45. The SMILES string of the molecule is CC(CC#N)N(Cc1ccc(F)cc1C(F)(F)F)C1CCNCC1.O=C(O)C(O)C(O)C(=O)O. The van der Waals surface area contributed by atoms with Gasteiger partial charge in [0.05, 0.1) is 18.1 Å². The van der Waals surface area contributed by atoms with E-state index in [0.717, 1.165) is 32.0 Å². The molecule has 190 valence electrons. The van der Waals surface area contributed by atoms with E-state index in [1.54, 1.807) is 0 Å². The summed E-state index contributed by atoms with van der Waals surface area (Å²) in [6.07, 6.45) is -7.26. The zero-order valence-electron chi connectivity index (χ0n) is 18.3. The quantitative estimate of drug-likeness (QED) is 0.340. The molecule has 34 heavy (non-hydrogen) atoms. The molecule has 3 unspecified atom stereocenters. The second-order valence-corrected chi connectivity index (χ2v) is 7.73. The van der Waals surface area contributed by atoms with Gasteiger partial charge in [-0.05, 0) is 50.6 Å². The molecule has 2 rings (SSSR count). The van der Waals surface area contributed by atoms with E-state index in [1.165, 1.54) is 6.07 Å². The summed E-state index contributed by atoms with van der Waals surface area (Å²) in [7, 11) is 0. The Bertz CT molecular complexity index is 853. The molecule has 0 amide bonds. The normalized spacial score (nSPS) is 17.1. The summed E-state index contributed by atoms with van der Waals surface area (Å²) in [6.45, 7) is 3.51. The molecule has 3 atom stereocenters. The zero-order chi connectivity index (χ0) is 26.1. The van der Waals surface area contributed by atoms with Crippen molar-refractivity contribution in [3.8, 4) is 6.07 Å². The molecule has 1 heterocycles. The second-order valence-electron chi connectivity index (χ2n) is 7.73. The average Bonchev–Trinajstić information content (AvgIpc) is 2.77. The number of rotatable bonds is 8. The minimum absolute atomic E-state index is 0.0484. The largest absolute Gasteiger partial charge is 0.479 e. The number of nitrogens with one attached hydrogen (secondary N) is 1. The predicted molar refractivity (Wildman–Crippen MR) is 110 cm³/mol. The molecule has 1 saturated heterocycles. The molecule has 5 N–H and O–H groups in total. The number of aliphatic carboxylic acids is 2. The number of benzene rings is 1. The molecule has 0 spiro atoms. The van der Waals surface area contributed by atoms with E-state index in [0.29, 0.717) is 6.07 Å². The lowest BCUT2D eigenvalue weighted by Crippen LogP contribution is -2.46. The van der Waals surface area contributed by atoms with Gasteiger partial charge < -0.3 is 25.7 Å². The van der Waals surface area contributed by atoms with Gasteiger partial charge in [-0.2, -0.15) is 18.4 Å². The minimum atomic E-state index is -4.60. The fraction of sp³-hybridized carbons (Fsp3) is 0.571. The number of carboxylic acids is 2. The van der Waals surface area contributed by atoms with Crippen LogP contribution in [0.1, 0.15) is 37.3 Å². The van der Waals surface area contributed by atoms with Crippen LogP contribution in [0.4, 0.5) is 17.6 Å². The first-order chi connectivity index (χ1) is 15.8. The second kappa shape index (κ2) is 13.2. The number of alkyl halides is 3. The first-order valence-corrected chi connectivity index (χ1v) is 10.3. The Morgan fingerprint density at radius 3 is 2.15 bits per heavy atom. The number of carbonyl (C=O) groups is 2. The van der Waals surface area contributed by atoms with Crippen molar-refractivity contribution in [1.29, 1.82) is 5.26 Å². The lowest BCUT2D eigenvalue weighted by Gasteiger charge is -2.38. The highest BCUT2D eigenvalue weighted by atomic mass is 19.4. The number of nitrogens with zero attached hydrogens (tertiary/aromatic N) is 2. The Balaban J connectivity index is 0.000000489. The highest BCUT2D eigenvalue weighted by Crippen LogP contribution is 2.34. The van der Waals surface area contributed by atoms with Gasteiger partial charge in [0.2, 0.25) is 0 Å². The first kappa shape index (κ1) is 29.2. The summed E-state index contributed by atoms with van der Waals surface area (Å²) in [4.78, 5) is 21.5. The number of aliphatic hydroxyl groups excluding tert-OH is 2. The van der Waals surface area contributed by atoms with E-state index in [2.05, 4.69) is 11.4 Å². The topological polar surface area (TPSA) is 154 Å². The van der Waals surface area contributed by atoms with Gasteiger partial charge in [-0.25, -0.2) is 14.0 Å². The van der Waals surface area contributed by atoms with E-state index >= 15 is 0 Å². The number of nitriles is 1. The molecule has 1 aliphatic heterocycles. The van der Waals surface area contributed by atoms with Gasteiger partial charge in [0, 0.05) is 18.6 Å². The van der Waals surface area contributed by atoms with Crippen molar-refractivity contribution in [1.82, 2.24) is 10.2 Å². The van der Waals surface area contributed by atoms with Crippen molar-refractivity contribution in [2.45, 2.75) is 63.2 Å². The van der Waals surface area contributed by atoms with Gasteiger partial charge in [-0.15, -0.1) is 0 Å². The monoisotopic (exact) mass is 493 g/mol. The average molecular weight is 493 g/mol. The third-order valence-corrected chi connectivity index (χ3v) is 5.27. The van der Waals surface area contributed by atoms with E-state index in [-0.39, 0.29) is 30.6 Å². The van der Waals surface area contributed by atoms with Crippen LogP contribution in [0.15, 0.2) is 18.2 Å². The maximum absolute atomic E-state index is 13.3. The molecule has 13 heteroatoms. The smallest absolute Gasteiger partial charge is 0.416 e. The number of aliphatic hydroxyl groups is 2. The molecule has 1 aliphatic rings. The Morgan fingerprint density at radius 2 is 1.71 bits per heavy atom. The highest BCUT2D eigenvalue weighted by molar-refractivity contribution is 5.83. The number of hydrogen-bond acceptors (Lipinski definition) is 7. The highest BCUT2D eigenvalue weighted by Gasteiger charge is 2.35. The van der Waals surface area contributed by atoms with Crippen LogP contribution in [0.5, 0.6) is 0 Å². The van der Waals surface area contributed by atoms with Crippen molar-refractivity contribution in [3.05, 3.63) is 35.1 Å². The molecule has 0 bridgehead atoms. The standard InChI is InChI=1S/C17H21F4N3.C4H6O6/c1-12(4-7-22)24(15-5-8-23-9-6-15)11-13-2-3-14(18)10-16(13)17(19,20)21;5-1(3(7)8)2(6)4(9)10/h2-3,10,12,15,23H,4-6,8-9,11H2,1H3;1-2,5-6H,(H,7,8)(H,9,10). The third kappa shape index (κ3) is 8.86. The van der Waals surface area contributed by atoms with Crippen LogP contribution in [0.25, 0.3) is 0 Å². The van der Waals surface area contributed by atoms with Gasteiger partial charge in [0.1, 0.15) is 5.82 Å². The van der Waals surface area contributed by atoms with Gasteiger partial charge in [-0.3, -0.25) is 4.90 Å². The Kier molecular flexibility index (Phi) is 11.3. The molecule has 0 radical (unpaired) electrons. The molecule has 1 aromatic carbocycles. The van der Waals surface area contributed by atoms with E-state index in [4.69, 9.17) is 25.7 Å². The number of hydrogen-bond donors (Lipinski definition) is 5. The molecule has 0 saturated carbocycles. The predicted octanol–water partition coefficient (Wildman–Crippen LogP) is 1.58. The van der Waals surface area contributed by atoms with E-state index < -0.39 is 41.7 Å². The summed E-state index contributed by atoms with van der Waals surface area (Å²) < 4.78 is 53.0. The molecular formula is C21H27F4N3O6. The minimum Gasteiger partial charge on any atom is -0.479 e. The molecular weight excluding hydrogens is 466 g/mol. The summed E-state index contributed by atoms with van der Waals surface area (Å²) >= 11 is 0. The molecule has 0 aliphatic carbocycles. The van der Waals surface area contributed by atoms with Crippen LogP contribution in [-0.4, -0.2) is 74.6 Å². The summed E-state index contributed by atoms with van der Waals surface area (Å²) in [6, 6.07) is 4.84. The lowest BCUT2D eigenvalue weighted by molar-refractivity contribution is -0.165. The summed E-state index contributed by atoms with van der Waals surface area (Å²) in [5, 5.41) is 44.7. The zero-order valence-corrected chi connectivity index (χ0v) is 18.3. The maximum Gasteiger partial charge on any atom is 0.416 e. The van der Waals surface area contributed by atoms with Crippen molar-refractivity contribution < 1.29 is 47.6 Å². The Morgan fingerprint density at radius 1 is 1.18 bits per heavy atom. The van der Waals surface area contributed by atoms with Gasteiger partial charge in [0.15, 0.2) is 12.2 Å². The number of carboxylic acid groups (broad SMARTS) is 2. The fourth-order valence-electron chi connectivity index (χ4n) is 3.45. The van der Waals surface area contributed by atoms with Crippen LogP contribution in [-0.2, 0) is 22.3 Å². The van der Waals surface area contributed by atoms with Crippen LogP contribution in [0, 0.1) is 17.1 Å². The molecule has 9 nitrogen and oxygen atoms in total. The summed E-state index contributed by atoms with van der Waals surface area (Å²) in [5.74, 6) is -4.44. The van der Waals surface area contributed by atoms with Crippen LogP contribution >= 0.6 is 0 Å². The van der Waals surface area contributed by atoms with E-state index in [9.17, 15) is 27.2 Å². The van der Waals surface area contributed by atoms with Crippen molar-refractivity contribution in [3.63, 3.8) is 0 Å². The van der Waals surface area contributed by atoms with Gasteiger partial charge in [0.25, 0.3) is 0 Å².